The van der Waals surface area contributed by atoms with Gasteiger partial charge in [-0.25, -0.2) is 10.6 Å². The summed E-state index contributed by atoms with van der Waals surface area (Å²) in [5.74, 6) is 6.79. The van der Waals surface area contributed by atoms with Crippen LogP contribution in [0.2, 0.25) is 0 Å². The molecule has 0 amide bonds. The number of nitrogens with two attached hydrogens (primary N) is 1. The highest BCUT2D eigenvalue weighted by Gasteiger charge is 2.13. The van der Waals surface area contributed by atoms with Crippen molar-refractivity contribution in [3.05, 3.63) is 76.7 Å². The summed E-state index contributed by atoms with van der Waals surface area (Å²) in [4.78, 5) is 20.5. The average Bonchev–Trinajstić information content (AvgIpc) is 2.59. The summed E-state index contributed by atoms with van der Waals surface area (Å²) >= 11 is 0. The van der Waals surface area contributed by atoms with E-state index in [4.69, 9.17) is 5.84 Å². The molecule has 6 heteroatoms. The third kappa shape index (κ3) is 3.27. The lowest BCUT2D eigenvalue weighted by molar-refractivity contribution is 0.736. The van der Waals surface area contributed by atoms with E-state index in [9.17, 15) is 4.79 Å². The summed E-state index contributed by atoms with van der Waals surface area (Å²) < 4.78 is 1.41. The molecule has 0 fully saturated rings. The first-order chi connectivity index (χ1) is 11.1. The molecule has 0 saturated heterocycles. The molecule has 1 aromatic heterocycles. The minimum Gasteiger partial charge on any atom is -0.279 e. The van der Waals surface area contributed by atoms with Crippen molar-refractivity contribution in [3.8, 4) is 11.4 Å². The fourth-order valence-electron chi connectivity index (χ4n) is 2.27. The van der Waals surface area contributed by atoms with Gasteiger partial charge in [0.1, 0.15) is 5.82 Å². The molecule has 0 atom stereocenters. The monoisotopic (exact) mass is 307 g/mol. The van der Waals surface area contributed by atoms with Crippen LogP contribution in [0.5, 0.6) is 0 Å². The smallest absolute Gasteiger partial charge is 0.279 e. The lowest BCUT2D eigenvalue weighted by Crippen LogP contribution is -2.35. The van der Waals surface area contributed by atoms with Crippen LogP contribution in [0.15, 0.2) is 65.5 Å². The normalized spacial score (nSPS) is 10.5. The van der Waals surface area contributed by atoms with Gasteiger partial charge < -0.3 is 0 Å². The molecule has 0 aliphatic carbocycles. The van der Waals surface area contributed by atoms with Gasteiger partial charge in [0, 0.05) is 12.6 Å². The van der Waals surface area contributed by atoms with Crippen LogP contribution >= 0.6 is 0 Å². The third-order valence-electron chi connectivity index (χ3n) is 3.49. The average molecular weight is 307 g/mol. The first kappa shape index (κ1) is 14.9. The van der Waals surface area contributed by atoms with Crippen molar-refractivity contribution in [2.24, 2.45) is 12.9 Å². The number of hydrazine groups is 1. The fourth-order valence-corrected chi connectivity index (χ4v) is 2.27. The molecule has 2 N–H and O–H groups in total. The van der Waals surface area contributed by atoms with Crippen LogP contribution in [-0.2, 0) is 13.6 Å². The number of benzene rings is 2. The van der Waals surface area contributed by atoms with Crippen LogP contribution in [0.25, 0.3) is 11.4 Å². The Hall–Kier alpha value is -2.99. The van der Waals surface area contributed by atoms with E-state index in [0.717, 1.165) is 11.1 Å². The molecule has 0 radical (unpaired) electrons. The Morgan fingerprint density at radius 2 is 1.61 bits per heavy atom. The number of hydrogen-bond donors (Lipinski definition) is 1. The molecule has 116 valence electrons. The van der Waals surface area contributed by atoms with Gasteiger partial charge in [-0.3, -0.25) is 9.58 Å². The first-order valence-electron chi connectivity index (χ1n) is 7.22. The van der Waals surface area contributed by atoms with Gasteiger partial charge in [0.15, 0.2) is 0 Å². The molecule has 0 bridgehead atoms. The molecule has 0 saturated carbocycles. The van der Waals surface area contributed by atoms with Crippen molar-refractivity contribution in [1.82, 2.24) is 14.5 Å². The quantitative estimate of drug-likeness (QED) is 0.586. The predicted octanol–water partition coefficient (Wildman–Crippen LogP) is 1.72. The van der Waals surface area contributed by atoms with E-state index in [0.29, 0.717) is 12.4 Å². The van der Waals surface area contributed by atoms with Crippen LogP contribution in [0.1, 0.15) is 5.56 Å². The molecule has 3 aromatic rings. The van der Waals surface area contributed by atoms with Gasteiger partial charge in [0.05, 0.1) is 6.54 Å². The van der Waals surface area contributed by atoms with E-state index in [1.807, 2.05) is 60.7 Å². The van der Waals surface area contributed by atoms with Gasteiger partial charge in [0.25, 0.3) is 0 Å². The van der Waals surface area contributed by atoms with Gasteiger partial charge in [0.2, 0.25) is 5.95 Å². The summed E-state index contributed by atoms with van der Waals surface area (Å²) in [6.45, 7) is 0.419. The maximum atomic E-state index is 12.1. The van der Waals surface area contributed by atoms with Gasteiger partial charge >= 0.3 is 5.69 Å². The largest absolute Gasteiger partial charge is 0.352 e. The maximum Gasteiger partial charge on any atom is 0.352 e. The zero-order valence-corrected chi connectivity index (χ0v) is 12.8. The Morgan fingerprint density at radius 3 is 2.26 bits per heavy atom. The van der Waals surface area contributed by atoms with E-state index in [1.54, 1.807) is 7.05 Å². The summed E-state index contributed by atoms with van der Waals surface area (Å²) in [7, 11) is 1.65. The van der Waals surface area contributed by atoms with E-state index in [2.05, 4.69) is 9.97 Å². The summed E-state index contributed by atoms with van der Waals surface area (Å²) in [6, 6.07) is 19.2. The molecule has 3 rings (SSSR count). The SMILES string of the molecule is Cn1c(-c2ccccc2)nc(N(N)Cc2ccccc2)nc1=O. The van der Waals surface area contributed by atoms with E-state index >= 15 is 0 Å². The Balaban J connectivity index is 1.97. The number of aromatic nitrogens is 3. The third-order valence-corrected chi connectivity index (χ3v) is 3.49. The second kappa shape index (κ2) is 6.41. The molecular formula is C17H17N5O. The molecule has 2 aromatic carbocycles. The van der Waals surface area contributed by atoms with Gasteiger partial charge in [-0.05, 0) is 5.56 Å². The molecule has 0 aliphatic heterocycles. The molecule has 1 heterocycles. The molecule has 0 aliphatic rings. The van der Waals surface area contributed by atoms with E-state index < -0.39 is 5.69 Å². The van der Waals surface area contributed by atoms with Crippen molar-refractivity contribution in [1.29, 1.82) is 0 Å². The van der Waals surface area contributed by atoms with Gasteiger partial charge in [-0.2, -0.15) is 9.97 Å². The second-order valence-corrected chi connectivity index (χ2v) is 5.17. The van der Waals surface area contributed by atoms with Crippen molar-refractivity contribution >= 4 is 5.95 Å². The summed E-state index contributed by atoms with van der Waals surface area (Å²) in [5, 5.41) is 1.38. The van der Waals surface area contributed by atoms with Gasteiger partial charge in [-0.1, -0.05) is 60.7 Å². The first-order valence-corrected chi connectivity index (χ1v) is 7.22. The molecule has 0 spiro atoms. The molecule has 0 unspecified atom stereocenters. The fraction of sp³-hybridized carbons (Fsp3) is 0.118. The zero-order chi connectivity index (χ0) is 16.2. The van der Waals surface area contributed by atoms with E-state index in [1.165, 1.54) is 9.58 Å². The van der Waals surface area contributed by atoms with Gasteiger partial charge in [-0.15, -0.1) is 0 Å². The Labute approximate surface area is 133 Å². The lowest BCUT2D eigenvalue weighted by atomic mass is 10.2. The topological polar surface area (TPSA) is 77.0 Å². The number of nitrogens with zero attached hydrogens (tertiary/aromatic N) is 4. The number of rotatable bonds is 4. The highest BCUT2D eigenvalue weighted by molar-refractivity contribution is 5.56. The molecule has 6 nitrogen and oxygen atoms in total. The minimum atomic E-state index is -0.391. The highest BCUT2D eigenvalue weighted by atomic mass is 16.1. The Kier molecular flexibility index (Phi) is 4.16. The van der Waals surface area contributed by atoms with Crippen LogP contribution in [0.3, 0.4) is 0 Å². The minimum absolute atomic E-state index is 0.204. The van der Waals surface area contributed by atoms with Crippen molar-refractivity contribution < 1.29 is 0 Å². The predicted molar refractivity (Wildman–Crippen MR) is 89.5 cm³/mol. The van der Waals surface area contributed by atoms with Crippen LogP contribution < -0.4 is 16.5 Å². The number of anilines is 1. The van der Waals surface area contributed by atoms with Crippen LogP contribution in [0.4, 0.5) is 5.95 Å². The summed E-state index contributed by atoms with van der Waals surface area (Å²) in [6.07, 6.45) is 0. The Morgan fingerprint density at radius 1 is 1.00 bits per heavy atom. The molecular weight excluding hydrogens is 290 g/mol. The Bertz CT molecular complexity index is 846. The lowest BCUT2D eigenvalue weighted by Gasteiger charge is -2.18. The van der Waals surface area contributed by atoms with Crippen molar-refractivity contribution in [2.45, 2.75) is 6.54 Å². The summed E-state index contributed by atoms with van der Waals surface area (Å²) in [5.41, 5.74) is 1.46. The van der Waals surface area contributed by atoms with Crippen molar-refractivity contribution in [2.75, 3.05) is 5.01 Å². The van der Waals surface area contributed by atoms with Crippen LogP contribution in [0, 0.1) is 0 Å². The van der Waals surface area contributed by atoms with Crippen LogP contribution in [-0.4, -0.2) is 14.5 Å². The van der Waals surface area contributed by atoms with Crippen molar-refractivity contribution in [3.63, 3.8) is 0 Å². The number of hydrogen-bond acceptors (Lipinski definition) is 5. The standard InChI is InChI=1S/C17H17N5O/c1-21-15(14-10-6-3-7-11-14)19-16(20-17(21)23)22(18)12-13-8-4-2-5-9-13/h2-11H,12,18H2,1H3. The highest BCUT2D eigenvalue weighted by Crippen LogP contribution is 2.16. The maximum absolute atomic E-state index is 12.1. The van der Waals surface area contributed by atoms with E-state index in [-0.39, 0.29) is 5.95 Å². The molecule has 23 heavy (non-hydrogen) atoms. The zero-order valence-electron chi connectivity index (χ0n) is 12.8. The second-order valence-electron chi connectivity index (χ2n) is 5.17.